The van der Waals surface area contributed by atoms with E-state index >= 15 is 0 Å². The molecule has 1 aliphatic heterocycles. The minimum absolute atomic E-state index is 0.0716. The van der Waals surface area contributed by atoms with Crippen molar-refractivity contribution in [3.8, 4) is 0 Å². The first-order valence-electron chi connectivity index (χ1n) is 6.55. The Morgan fingerprint density at radius 1 is 1.56 bits per heavy atom. The van der Waals surface area contributed by atoms with Gasteiger partial charge in [-0.1, -0.05) is 0 Å². The highest BCUT2D eigenvalue weighted by Gasteiger charge is 2.33. The van der Waals surface area contributed by atoms with Gasteiger partial charge in [0.15, 0.2) is 0 Å². The Kier molecular flexibility index (Phi) is 4.04. The van der Waals surface area contributed by atoms with Gasteiger partial charge in [-0.2, -0.15) is 0 Å². The fourth-order valence-electron chi connectivity index (χ4n) is 2.61. The Balaban J connectivity index is 2.04. The van der Waals surface area contributed by atoms with Gasteiger partial charge < -0.3 is 14.4 Å². The lowest BCUT2D eigenvalue weighted by Crippen LogP contribution is -2.53. The van der Waals surface area contributed by atoms with Gasteiger partial charge in [0.05, 0.1) is 24.9 Å². The molecule has 1 N–H and O–H groups in total. The van der Waals surface area contributed by atoms with Crippen molar-refractivity contribution >= 4 is 0 Å². The van der Waals surface area contributed by atoms with Gasteiger partial charge in [-0.15, -0.1) is 0 Å². The van der Waals surface area contributed by atoms with Crippen LogP contribution in [0.15, 0.2) is 12.4 Å². The highest BCUT2D eigenvalue weighted by molar-refractivity contribution is 4.94. The number of nitrogens with zero attached hydrogens (tertiary/aromatic N) is 3. The summed E-state index contributed by atoms with van der Waals surface area (Å²) >= 11 is 0. The van der Waals surface area contributed by atoms with E-state index in [-0.39, 0.29) is 18.3 Å². The van der Waals surface area contributed by atoms with E-state index in [4.69, 9.17) is 4.74 Å². The van der Waals surface area contributed by atoms with Crippen molar-refractivity contribution in [2.24, 2.45) is 0 Å². The Morgan fingerprint density at radius 2 is 2.33 bits per heavy atom. The first-order chi connectivity index (χ1) is 8.54. The number of aliphatic hydroxyl groups is 1. The molecule has 0 spiro atoms. The predicted octanol–water partition coefficient (Wildman–Crippen LogP) is 0.875. The fourth-order valence-corrected chi connectivity index (χ4v) is 2.61. The van der Waals surface area contributed by atoms with E-state index in [9.17, 15) is 5.11 Å². The van der Waals surface area contributed by atoms with Crippen LogP contribution in [0.1, 0.15) is 26.6 Å². The molecule has 1 fully saturated rings. The molecule has 2 rings (SSSR count). The van der Waals surface area contributed by atoms with Crippen LogP contribution in [-0.2, 0) is 17.8 Å². The molecule has 18 heavy (non-hydrogen) atoms. The van der Waals surface area contributed by atoms with Crippen LogP contribution in [0.4, 0.5) is 0 Å². The molecule has 0 amide bonds. The Morgan fingerprint density at radius 3 is 3.00 bits per heavy atom. The smallest absolute Gasteiger partial charge is 0.122 e. The number of ether oxygens (including phenoxy) is 1. The quantitative estimate of drug-likeness (QED) is 0.865. The predicted molar refractivity (Wildman–Crippen MR) is 69.2 cm³/mol. The van der Waals surface area contributed by atoms with Crippen molar-refractivity contribution in [1.82, 2.24) is 14.5 Å². The Hall–Kier alpha value is -0.910. The molecule has 0 aliphatic carbocycles. The second kappa shape index (κ2) is 5.38. The fraction of sp³-hybridized carbons (Fsp3) is 0.769. The van der Waals surface area contributed by atoms with Gasteiger partial charge >= 0.3 is 0 Å². The third kappa shape index (κ3) is 3.10. The Labute approximate surface area is 108 Å². The van der Waals surface area contributed by atoms with E-state index in [1.807, 2.05) is 12.4 Å². The van der Waals surface area contributed by atoms with E-state index in [0.29, 0.717) is 0 Å². The first kappa shape index (κ1) is 13.5. The van der Waals surface area contributed by atoms with Crippen LogP contribution >= 0.6 is 0 Å². The van der Waals surface area contributed by atoms with Gasteiger partial charge in [-0.3, -0.25) is 4.90 Å². The summed E-state index contributed by atoms with van der Waals surface area (Å²) in [5, 5.41) is 9.30. The lowest BCUT2D eigenvalue weighted by molar-refractivity contribution is -0.151. The van der Waals surface area contributed by atoms with Gasteiger partial charge in [0.25, 0.3) is 0 Å². The molecule has 102 valence electrons. The average Bonchev–Trinajstić information content (AvgIpc) is 2.74. The number of imidazole rings is 1. The third-order valence-corrected chi connectivity index (χ3v) is 3.26. The van der Waals surface area contributed by atoms with Gasteiger partial charge in [0.2, 0.25) is 0 Å². The summed E-state index contributed by atoms with van der Waals surface area (Å²) in [6.45, 7) is 9.68. The molecule has 0 aromatic carbocycles. The number of aromatic nitrogens is 2. The van der Waals surface area contributed by atoms with Crippen LogP contribution in [0.2, 0.25) is 0 Å². The van der Waals surface area contributed by atoms with Gasteiger partial charge in [0.1, 0.15) is 5.82 Å². The van der Waals surface area contributed by atoms with Crippen LogP contribution in [0.3, 0.4) is 0 Å². The normalized spacial score (nSPS) is 24.3. The second-order valence-corrected chi connectivity index (χ2v) is 5.48. The van der Waals surface area contributed by atoms with Crippen LogP contribution in [0, 0.1) is 0 Å². The number of aryl methyl sites for hydroxylation is 1. The van der Waals surface area contributed by atoms with Gasteiger partial charge in [-0.05, 0) is 20.8 Å². The maximum Gasteiger partial charge on any atom is 0.122 e. The van der Waals surface area contributed by atoms with Gasteiger partial charge in [-0.25, -0.2) is 4.98 Å². The number of hydrogen-bond acceptors (Lipinski definition) is 4. The average molecular weight is 253 g/mol. The van der Waals surface area contributed by atoms with Crippen LogP contribution in [0.5, 0.6) is 0 Å². The lowest BCUT2D eigenvalue weighted by Gasteiger charge is -2.42. The van der Waals surface area contributed by atoms with Crippen molar-refractivity contribution in [1.29, 1.82) is 0 Å². The molecular weight excluding hydrogens is 230 g/mol. The number of hydrogen-bond donors (Lipinski definition) is 1. The van der Waals surface area contributed by atoms with Gasteiger partial charge in [0, 0.05) is 32.0 Å². The summed E-state index contributed by atoms with van der Waals surface area (Å²) < 4.78 is 7.96. The topological polar surface area (TPSA) is 50.5 Å². The monoisotopic (exact) mass is 253 g/mol. The summed E-state index contributed by atoms with van der Waals surface area (Å²) in [6, 6.07) is 0. The van der Waals surface area contributed by atoms with E-state index in [2.05, 4.69) is 35.2 Å². The molecule has 1 aromatic rings. The summed E-state index contributed by atoms with van der Waals surface area (Å²) in [5.74, 6) is 1.08. The van der Waals surface area contributed by atoms with Crippen molar-refractivity contribution in [3.05, 3.63) is 18.2 Å². The second-order valence-electron chi connectivity index (χ2n) is 5.48. The molecule has 1 aromatic heterocycles. The molecule has 0 bridgehead atoms. The van der Waals surface area contributed by atoms with E-state index in [1.54, 1.807) is 0 Å². The van der Waals surface area contributed by atoms with Crippen LogP contribution < -0.4 is 0 Å². The van der Waals surface area contributed by atoms with Crippen LogP contribution in [0.25, 0.3) is 0 Å². The summed E-state index contributed by atoms with van der Waals surface area (Å²) in [4.78, 5) is 6.70. The van der Waals surface area contributed by atoms with Crippen molar-refractivity contribution in [3.63, 3.8) is 0 Å². The van der Waals surface area contributed by atoms with Crippen molar-refractivity contribution in [2.45, 2.75) is 45.6 Å². The minimum Gasteiger partial charge on any atom is -0.394 e. The van der Waals surface area contributed by atoms with E-state index < -0.39 is 0 Å². The zero-order valence-electron chi connectivity index (χ0n) is 11.5. The van der Waals surface area contributed by atoms with Crippen molar-refractivity contribution in [2.75, 3.05) is 19.7 Å². The largest absolute Gasteiger partial charge is 0.394 e. The molecule has 0 radical (unpaired) electrons. The molecule has 5 nitrogen and oxygen atoms in total. The maximum atomic E-state index is 9.30. The molecule has 1 saturated heterocycles. The zero-order valence-corrected chi connectivity index (χ0v) is 11.5. The first-order valence-corrected chi connectivity index (χ1v) is 6.55. The highest BCUT2D eigenvalue weighted by atomic mass is 16.5. The molecule has 1 aliphatic rings. The highest BCUT2D eigenvalue weighted by Crippen LogP contribution is 2.22. The van der Waals surface area contributed by atoms with Crippen LogP contribution in [-0.4, -0.2) is 51.0 Å². The molecule has 1 unspecified atom stereocenters. The number of rotatable bonds is 4. The van der Waals surface area contributed by atoms with E-state index in [1.165, 1.54) is 0 Å². The summed E-state index contributed by atoms with van der Waals surface area (Å²) in [6.07, 6.45) is 3.75. The zero-order chi connectivity index (χ0) is 13.2. The number of morpholine rings is 1. The summed E-state index contributed by atoms with van der Waals surface area (Å²) in [5.41, 5.74) is -0.213. The maximum absolute atomic E-state index is 9.30. The van der Waals surface area contributed by atoms with E-state index in [0.717, 1.165) is 32.0 Å². The molecule has 1 atom stereocenters. The minimum atomic E-state index is -0.213. The van der Waals surface area contributed by atoms with Crippen molar-refractivity contribution < 1.29 is 9.84 Å². The molecule has 5 heteroatoms. The standard InChI is InChI=1S/C13H23N3O2/c1-4-16-6-5-14-12(16)8-15-7-11(9-17)18-13(2,3)10-15/h5-6,11,17H,4,7-10H2,1-3H3. The molecule has 0 saturated carbocycles. The number of aliphatic hydroxyl groups excluding tert-OH is 1. The summed E-state index contributed by atoms with van der Waals surface area (Å²) in [7, 11) is 0. The molecule has 2 heterocycles. The SMILES string of the molecule is CCn1ccnc1CN1CC(CO)OC(C)(C)C1. The third-order valence-electron chi connectivity index (χ3n) is 3.26. The molecular formula is C13H23N3O2. The lowest BCUT2D eigenvalue weighted by atomic mass is 10.1. The Bertz CT molecular complexity index is 389.